The topological polar surface area (TPSA) is 0 Å². The van der Waals surface area contributed by atoms with E-state index in [1.165, 1.54) is 8.87 Å². The number of hydrogen-bond donors (Lipinski definition) is 0. The van der Waals surface area contributed by atoms with Crippen LogP contribution >= 0.6 is 0 Å². The van der Waals surface area contributed by atoms with Crippen molar-refractivity contribution in [3.05, 3.63) is 0 Å². The van der Waals surface area contributed by atoms with E-state index in [9.17, 15) is 0 Å². The second-order valence-electron chi connectivity index (χ2n) is 0.500. The van der Waals surface area contributed by atoms with Gasteiger partial charge < -0.3 is 0 Å². The summed E-state index contributed by atoms with van der Waals surface area (Å²) < 4.78 is 2.90. The second-order valence-corrected chi connectivity index (χ2v) is 3.35. The van der Waals surface area contributed by atoms with Gasteiger partial charge in [-0.05, 0) is 0 Å². The molecule has 0 aromatic carbocycles. The Kier molecular flexibility index (Phi) is 42.2. The Morgan fingerprint density at radius 3 is 1.00 bits per heavy atom. The van der Waals surface area contributed by atoms with E-state index in [-0.39, 0.29) is 47.8 Å². The molecule has 6 heavy (non-hydrogen) atoms. The van der Waals surface area contributed by atoms with Gasteiger partial charge in [-0.1, -0.05) is 0 Å². The third-order valence-electron chi connectivity index (χ3n) is 0.125. The first-order valence-corrected chi connectivity index (χ1v) is 5.24. The zero-order chi connectivity index (χ0) is 3.41. The van der Waals surface area contributed by atoms with Crippen molar-refractivity contribution in [2.45, 2.75) is 8.87 Å². The molecule has 0 spiro atoms. The first-order chi connectivity index (χ1) is 1.91. The average molecular weight is 503 g/mol. The third kappa shape index (κ3) is 15.7. The molecule has 0 aliphatic heterocycles. The molecule has 0 amide bonds. The molecule has 0 aliphatic carbocycles. The molecule has 0 unspecified atom stereocenters. The van der Waals surface area contributed by atoms with E-state index in [4.69, 9.17) is 0 Å². The molecule has 14 radical (unpaired) electrons. The number of hydrogen-bond acceptors (Lipinski definition) is 0. The minimum absolute atomic E-state index is 0. The van der Waals surface area contributed by atoms with Crippen LogP contribution in [0.15, 0.2) is 0 Å². The summed E-state index contributed by atoms with van der Waals surface area (Å²) in [7, 11) is 0. The molecule has 0 atom stereocenters. The van der Waals surface area contributed by atoms with Crippen LogP contribution in [0.4, 0.5) is 0 Å². The van der Waals surface area contributed by atoms with Crippen molar-refractivity contribution in [2.24, 2.45) is 0 Å². The Bertz CT molecular complexity index is 7.51. The first kappa shape index (κ1) is 16.1. The van der Waals surface area contributed by atoms with E-state index in [1.54, 1.807) is 45.0 Å². The third-order valence-corrected chi connectivity index (χ3v) is 5.62. The van der Waals surface area contributed by atoms with Gasteiger partial charge in [0.05, 0.1) is 0 Å². The maximum absolute atomic E-state index is 1.69. The Morgan fingerprint density at radius 2 is 1.00 bits per heavy atom. The van der Waals surface area contributed by atoms with Gasteiger partial charge in [-0.25, -0.2) is 0 Å². The van der Waals surface area contributed by atoms with Crippen LogP contribution in [0.25, 0.3) is 0 Å². The molecule has 0 fully saturated rings. The van der Waals surface area contributed by atoms with Crippen molar-refractivity contribution in [1.29, 1.82) is 0 Å². The zero-order valence-electron chi connectivity index (χ0n) is 3.41. The van der Waals surface area contributed by atoms with E-state index in [2.05, 4.69) is 0 Å². The fraction of sp³-hybridized carbons (Fsp3) is 1.00. The molecular formula is C2H4Sn4. The minimum atomic E-state index is 0. The summed E-state index contributed by atoms with van der Waals surface area (Å²) in [4.78, 5) is 0. The van der Waals surface area contributed by atoms with Crippen molar-refractivity contribution >= 4 is 92.9 Å². The Balaban J connectivity index is -0.0000000450. The van der Waals surface area contributed by atoms with Gasteiger partial charge in [-0.3, -0.25) is 0 Å². The van der Waals surface area contributed by atoms with Gasteiger partial charge in [0.1, 0.15) is 0 Å². The fourth-order valence-corrected chi connectivity index (χ4v) is 0. The van der Waals surface area contributed by atoms with Gasteiger partial charge in [-0.2, -0.15) is 0 Å². The van der Waals surface area contributed by atoms with Gasteiger partial charge in [0.15, 0.2) is 0 Å². The molecule has 0 rings (SSSR count). The van der Waals surface area contributed by atoms with Gasteiger partial charge in [0, 0.05) is 47.8 Å². The summed E-state index contributed by atoms with van der Waals surface area (Å²) >= 11 is 3.38. The monoisotopic (exact) mass is 508 g/mol. The van der Waals surface area contributed by atoms with Crippen molar-refractivity contribution < 1.29 is 0 Å². The summed E-state index contributed by atoms with van der Waals surface area (Å²) in [5.41, 5.74) is 0. The van der Waals surface area contributed by atoms with Crippen LogP contribution in [0.5, 0.6) is 0 Å². The molecule has 0 nitrogen and oxygen atoms in total. The van der Waals surface area contributed by atoms with Crippen molar-refractivity contribution in [3.63, 3.8) is 0 Å². The molecule has 0 heterocycles. The predicted molar refractivity (Wildman–Crippen MR) is 32.6 cm³/mol. The molecule has 0 aromatic rings. The normalized spacial score (nSPS) is 5.00. The summed E-state index contributed by atoms with van der Waals surface area (Å²) in [6.07, 6.45) is 0. The summed E-state index contributed by atoms with van der Waals surface area (Å²) in [5.74, 6) is 0. The van der Waals surface area contributed by atoms with Crippen LogP contribution in [-0.4, -0.2) is 92.9 Å². The zero-order valence-corrected chi connectivity index (χ0v) is 14.8. The second kappa shape index (κ2) is 15.7. The quantitative estimate of drug-likeness (QED) is 0.420. The maximum atomic E-state index is 1.69. The van der Waals surface area contributed by atoms with Gasteiger partial charge >= 0.3 is 53.9 Å². The van der Waals surface area contributed by atoms with Gasteiger partial charge in [0.25, 0.3) is 0 Å². The summed E-state index contributed by atoms with van der Waals surface area (Å²) in [6.45, 7) is 0. The van der Waals surface area contributed by atoms with E-state index < -0.39 is 0 Å². The Hall–Kier alpha value is 3.19. The van der Waals surface area contributed by atoms with Crippen LogP contribution in [0.3, 0.4) is 0 Å². The van der Waals surface area contributed by atoms with Crippen LogP contribution in [-0.2, 0) is 0 Å². The molecule has 0 saturated carbocycles. The molecular weight excluding hydrogens is 499 g/mol. The fourth-order valence-electron chi connectivity index (χ4n) is 0. The average Bonchev–Trinajstić information content (AvgIpc) is 1.37. The number of rotatable bonds is 1. The van der Waals surface area contributed by atoms with Crippen LogP contribution < -0.4 is 0 Å². The van der Waals surface area contributed by atoms with E-state index >= 15 is 0 Å². The molecule has 4 heteroatoms. The molecule has 28 valence electrons. The van der Waals surface area contributed by atoms with Crippen LogP contribution in [0, 0.1) is 0 Å². The molecule has 0 saturated heterocycles. The van der Waals surface area contributed by atoms with E-state index in [1.807, 2.05) is 0 Å². The molecule has 0 N–H and O–H groups in total. The van der Waals surface area contributed by atoms with Gasteiger partial charge in [-0.15, -0.1) is 0 Å². The van der Waals surface area contributed by atoms with Crippen molar-refractivity contribution in [2.75, 3.05) is 0 Å². The van der Waals surface area contributed by atoms with Crippen LogP contribution in [0.1, 0.15) is 0 Å². The predicted octanol–water partition coefficient (Wildman–Crippen LogP) is -0.602. The SMILES string of the molecule is [Sn].[Sn].[Sn][CH2][CH2][Sn]. The standard InChI is InChI=1S/C2H4.4Sn/c1-2;;;;/h1-2H2;;;;. The molecule has 0 aliphatic rings. The Morgan fingerprint density at radius 1 is 0.833 bits per heavy atom. The van der Waals surface area contributed by atoms with Crippen LogP contribution in [0.2, 0.25) is 8.87 Å². The van der Waals surface area contributed by atoms with Crippen molar-refractivity contribution in [3.8, 4) is 0 Å². The molecule has 0 aromatic heterocycles. The van der Waals surface area contributed by atoms with Crippen molar-refractivity contribution in [1.82, 2.24) is 0 Å². The Labute approximate surface area is 99.7 Å². The summed E-state index contributed by atoms with van der Waals surface area (Å²) in [6, 6.07) is 0. The van der Waals surface area contributed by atoms with E-state index in [0.29, 0.717) is 0 Å². The van der Waals surface area contributed by atoms with E-state index in [0.717, 1.165) is 0 Å². The summed E-state index contributed by atoms with van der Waals surface area (Å²) in [5, 5.41) is 0. The van der Waals surface area contributed by atoms with Gasteiger partial charge in [0.2, 0.25) is 0 Å². The molecule has 0 bridgehead atoms. The first-order valence-electron chi connectivity index (χ1n) is 1.21.